The van der Waals surface area contributed by atoms with Crippen molar-refractivity contribution in [3.8, 4) is 28.4 Å². The molecule has 1 aliphatic carbocycles. The van der Waals surface area contributed by atoms with Gasteiger partial charge in [-0.05, 0) is 65.6 Å². The maximum Gasteiger partial charge on any atom is 0.338 e. The highest BCUT2D eigenvalue weighted by Crippen LogP contribution is 2.52. The highest BCUT2D eigenvalue weighted by atomic mass is 32.2. The van der Waals surface area contributed by atoms with E-state index in [-0.39, 0.29) is 35.9 Å². The van der Waals surface area contributed by atoms with E-state index in [1.54, 1.807) is 12.1 Å². The Morgan fingerprint density at radius 1 is 1.00 bits per heavy atom. The van der Waals surface area contributed by atoms with Crippen LogP contribution in [-0.4, -0.2) is 44.5 Å². The Kier molecular flexibility index (Phi) is 10.3. The zero-order chi connectivity index (χ0) is 32.0. The molecular formula is C31H32N2O10S. The minimum atomic E-state index is -0.889. The van der Waals surface area contributed by atoms with Crippen LogP contribution >= 0.6 is 11.8 Å². The lowest BCUT2D eigenvalue weighted by Crippen LogP contribution is -2.26. The third-order valence-electron chi connectivity index (χ3n) is 7.23. The summed E-state index contributed by atoms with van der Waals surface area (Å²) in [6.07, 6.45) is 2.66. The Morgan fingerprint density at radius 3 is 2.27 bits per heavy atom. The number of nitrogens with one attached hydrogen (secondary N) is 1. The average Bonchev–Trinajstić information content (AvgIpc) is 3.26. The van der Waals surface area contributed by atoms with Gasteiger partial charge >= 0.3 is 5.97 Å². The van der Waals surface area contributed by atoms with Gasteiger partial charge in [-0.1, -0.05) is 18.2 Å². The first-order chi connectivity index (χ1) is 21.1. The van der Waals surface area contributed by atoms with E-state index in [2.05, 4.69) is 10.2 Å². The van der Waals surface area contributed by atoms with Crippen molar-refractivity contribution >= 4 is 23.6 Å². The van der Waals surface area contributed by atoms with Gasteiger partial charge in [0.15, 0.2) is 16.9 Å². The lowest BCUT2D eigenvalue weighted by molar-refractivity contribution is -0.763. The van der Waals surface area contributed by atoms with Crippen LogP contribution in [0.5, 0.6) is 17.2 Å². The molecule has 0 bridgehead atoms. The number of methoxy groups -OCH3 is 3. The Morgan fingerprint density at radius 2 is 1.68 bits per heavy atom. The molecule has 4 rings (SSSR count). The van der Waals surface area contributed by atoms with E-state index in [0.29, 0.717) is 57.1 Å². The van der Waals surface area contributed by atoms with Gasteiger partial charge in [-0.25, -0.2) is 4.79 Å². The molecule has 0 aliphatic heterocycles. The van der Waals surface area contributed by atoms with E-state index < -0.39 is 17.1 Å². The van der Waals surface area contributed by atoms with Crippen molar-refractivity contribution in [3.63, 3.8) is 0 Å². The Bertz CT molecular complexity index is 1640. The van der Waals surface area contributed by atoms with Crippen LogP contribution in [0.4, 0.5) is 0 Å². The van der Waals surface area contributed by atoms with E-state index >= 15 is 0 Å². The van der Waals surface area contributed by atoms with Crippen LogP contribution in [-0.2, 0) is 34.0 Å². The van der Waals surface area contributed by atoms with Crippen molar-refractivity contribution in [2.45, 2.75) is 43.9 Å². The zero-order valence-corrected chi connectivity index (χ0v) is 25.7. The van der Waals surface area contributed by atoms with Crippen molar-refractivity contribution in [2.24, 2.45) is 0 Å². The molecule has 0 unspecified atom stereocenters. The Labute approximate surface area is 257 Å². The molecule has 0 heterocycles. The minimum absolute atomic E-state index is 0.179. The lowest BCUT2D eigenvalue weighted by Gasteiger charge is -2.23. The number of rotatable bonds is 11. The number of nitrogens with zero attached hydrogens (tertiary/aromatic N) is 1. The van der Waals surface area contributed by atoms with Crippen LogP contribution in [0.1, 0.15) is 52.0 Å². The molecule has 0 saturated heterocycles. The molecule has 1 aliphatic rings. The van der Waals surface area contributed by atoms with Gasteiger partial charge in [0.1, 0.15) is 13.2 Å². The summed E-state index contributed by atoms with van der Waals surface area (Å²) in [6, 6.07) is 10.7. The number of carbonyl (C=O) groups excluding carboxylic acids is 2. The largest absolute Gasteiger partial charge is 0.492 e. The van der Waals surface area contributed by atoms with Crippen LogP contribution in [0.15, 0.2) is 52.2 Å². The highest BCUT2D eigenvalue weighted by Gasteiger charge is 2.33. The first-order valence-corrected chi connectivity index (χ1v) is 14.7. The molecule has 0 aromatic heterocycles. The third-order valence-corrected chi connectivity index (χ3v) is 8.01. The summed E-state index contributed by atoms with van der Waals surface area (Å²) in [5, 5.41) is 12.6. The summed E-state index contributed by atoms with van der Waals surface area (Å²) >= 11 is 1.32. The molecule has 1 amide bonds. The maximum atomic E-state index is 13.1. The number of carbonyl (C=O) groups is 2. The number of esters is 1. The molecule has 0 fully saturated rings. The maximum absolute atomic E-state index is 13.1. The normalized spacial score (nSPS) is 13.4. The fourth-order valence-corrected chi connectivity index (χ4v) is 5.79. The summed E-state index contributed by atoms with van der Waals surface area (Å²) in [6.45, 7) is 0.979. The average molecular weight is 625 g/mol. The van der Waals surface area contributed by atoms with E-state index in [9.17, 15) is 24.5 Å². The first kappa shape index (κ1) is 32.1. The molecule has 232 valence electrons. The highest BCUT2D eigenvalue weighted by molar-refractivity contribution is 7.98. The second kappa shape index (κ2) is 14.1. The minimum Gasteiger partial charge on any atom is -0.492 e. The second-order valence-electron chi connectivity index (χ2n) is 9.77. The number of thioether (sulfide) groups is 1. The third kappa shape index (κ3) is 6.72. The van der Waals surface area contributed by atoms with Gasteiger partial charge in [-0.15, -0.1) is 21.9 Å². The molecule has 0 saturated carbocycles. The molecule has 12 nitrogen and oxygen atoms in total. The van der Waals surface area contributed by atoms with Crippen molar-refractivity contribution in [3.05, 3.63) is 90.6 Å². The fraction of sp³-hybridized carbons (Fsp3) is 0.323. The van der Waals surface area contributed by atoms with Crippen LogP contribution < -0.4 is 25.0 Å². The smallest absolute Gasteiger partial charge is 0.338 e. The Hall–Kier alpha value is -4.78. The van der Waals surface area contributed by atoms with Crippen LogP contribution in [0.25, 0.3) is 11.1 Å². The van der Waals surface area contributed by atoms with Gasteiger partial charge < -0.3 is 29.1 Å². The summed E-state index contributed by atoms with van der Waals surface area (Å²) < 4.78 is 23.2. The standard InChI is InChI=1S/C31H32N2O10S/c1-17(34)32-24-12-10-21-23(16-42-31(36)19-8-6-18(7-9-19)15-43-33(37)38)28(39-2)30(41-4)29(40-3)27(21)20-11-13-26(44-5)25(35)14-22(20)24/h6-9,11,13-14,24H,10,12,15-16H2,1-5H3,(H,32,34)/t24-/m1/s1. The van der Waals surface area contributed by atoms with Gasteiger partial charge in [-0.3, -0.25) is 9.59 Å². The van der Waals surface area contributed by atoms with E-state index in [1.165, 1.54) is 64.3 Å². The van der Waals surface area contributed by atoms with Gasteiger partial charge in [0, 0.05) is 18.1 Å². The van der Waals surface area contributed by atoms with Crippen molar-refractivity contribution in [1.82, 2.24) is 5.32 Å². The Balaban J connectivity index is 1.85. The van der Waals surface area contributed by atoms with Gasteiger partial charge in [-0.2, -0.15) is 0 Å². The van der Waals surface area contributed by atoms with Gasteiger partial charge in [0.25, 0.3) is 5.09 Å². The quantitative estimate of drug-likeness (QED) is 0.137. The molecule has 0 spiro atoms. The number of hydrogen-bond acceptors (Lipinski definition) is 11. The molecule has 1 atom stereocenters. The summed E-state index contributed by atoms with van der Waals surface area (Å²) in [4.78, 5) is 53.8. The topological polar surface area (TPSA) is 153 Å². The first-order valence-electron chi connectivity index (χ1n) is 13.5. The van der Waals surface area contributed by atoms with Crippen molar-refractivity contribution in [2.75, 3.05) is 27.6 Å². The van der Waals surface area contributed by atoms with Crippen LogP contribution in [0.2, 0.25) is 0 Å². The summed E-state index contributed by atoms with van der Waals surface area (Å²) in [7, 11) is 4.44. The molecule has 1 N–H and O–H groups in total. The predicted octanol–water partition coefficient (Wildman–Crippen LogP) is 4.65. The van der Waals surface area contributed by atoms with Gasteiger partial charge in [0.2, 0.25) is 11.7 Å². The SMILES string of the molecule is COc1c(COC(=O)c2ccc(CO[N+](=O)[O-])cc2)c2c(c(OC)c1OC)-c1ccc(SC)c(=O)cc1[C@H](NC(C)=O)CC2. The molecular weight excluding hydrogens is 592 g/mol. The summed E-state index contributed by atoms with van der Waals surface area (Å²) in [5.41, 5.74) is 3.77. The second-order valence-corrected chi connectivity index (χ2v) is 10.6. The predicted molar refractivity (Wildman–Crippen MR) is 162 cm³/mol. The monoisotopic (exact) mass is 624 g/mol. The molecule has 44 heavy (non-hydrogen) atoms. The van der Waals surface area contributed by atoms with Crippen LogP contribution in [0, 0.1) is 10.1 Å². The molecule has 13 heteroatoms. The zero-order valence-electron chi connectivity index (χ0n) is 24.9. The summed E-state index contributed by atoms with van der Waals surface area (Å²) in [5.74, 6) is 0.0869. The fourth-order valence-electron chi connectivity index (χ4n) is 5.33. The van der Waals surface area contributed by atoms with E-state index in [1.807, 2.05) is 12.3 Å². The van der Waals surface area contributed by atoms with Crippen LogP contribution in [0.3, 0.4) is 0 Å². The number of benzene rings is 2. The molecule has 3 aromatic rings. The number of fused-ring (bicyclic) bond motifs is 3. The van der Waals surface area contributed by atoms with E-state index in [4.69, 9.17) is 18.9 Å². The molecule has 3 aromatic carbocycles. The van der Waals surface area contributed by atoms with Crippen molar-refractivity contribution < 1.29 is 38.5 Å². The van der Waals surface area contributed by atoms with Gasteiger partial charge in [0.05, 0.1) is 37.8 Å². The number of hydrogen-bond donors (Lipinski definition) is 1. The van der Waals surface area contributed by atoms with Crippen molar-refractivity contribution in [1.29, 1.82) is 0 Å². The number of amides is 1. The number of ether oxygens (including phenoxy) is 4. The molecule has 0 radical (unpaired) electrons. The van der Waals surface area contributed by atoms with E-state index in [0.717, 1.165) is 5.56 Å². The lowest BCUT2D eigenvalue weighted by atomic mass is 9.91.